The summed E-state index contributed by atoms with van der Waals surface area (Å²) in [6.07, 6.45) is 1.68. The van der Waals surface area contributed by atoms with E-state index < -0.39 is 17.6 Å². The van der Waals surface area contributed by atoms with E-state index in [1.807, 2.05) is 9.58 Å². The molecule has 4 aromatic rings. The van der Waals surface area contributed by atoms with E-state index in [0.717, 1.165) is 31.7 Å². The third kappa shape index (κ3) is 3.82. The van der Waals surface area contributed by atoms with Crippen LogP contribution in [-0.4, -0.2) is 53.8 Å². The van der Waals surface area contributed by atoms with Crippen LogP contribution in [-0.2, 0) is 11.0 Å². The largest absolute Gasteiger partial charge is 0.419 e. The second-order valence-corrected chi connectivity index (χ2v) is 9.08. The number of fused-ring (bicyclic) bond motifs is 3. The number of pyridine rings is 3. The van der Waals surface area contributed by atoms with Gasteiger partial charge in [-0.15, -0.1) is 5.10 Å². The molecule has 1 saturated carbocycles. The maximum atomic E-state index is 13.4. The monoisotopic (exact) mass is 482 g/mol. The van der Waals surface area contributed by atoms with Crippen LogP contribution in [0.25, 0.3) is 33.3 Å². The number of nitrogens with two attached hydrogens (primary N) is 1. The number of hydrogen-bond acceptors (Lipinski definition) is 7. The van der Waals surface area contributed by atoms with E-state index in [4.69, 9.17) is 5.73 Å². The van der Waals surface area contributed by atoms with Crippen LogP contribution < -0.4 is 5.73 Å². The molecule has 0 aromatic carbocycles. The second-order valence-electron chi connectivity index (χ2n) is 9.08. The van der Waals surface area contributed by atoms with Crippen molar-refractivity contribution in [2.45, 2.75) is 37.9 Å². The van der Waals surface area contributed by atoms with Crippen LogP contribution in [0.5, 0.6) is 0 Å². The van der Waals surface area contributed by atoms with Crippen molar-refractivity contribution in [3.63, 3.8) is 0 Å². The van der Waals surface area contributed by atoms with Gasteiger partial charge in [-0.1, -0.05) is 5.21 Å². The minimum absolute atomic E-state index is 0.0225. The second kappa shape index (κ2) is 7.85. The normalized spacial score (nSPS) is 17.4. The van der Waals surface area contributed by atoms with E-state index in [2.05, 4.69) is 25.3 Å². The third-order valence-electron chi connectivity index (χ3n) is 6.71. The van der Waals surface area contributed by atoms with E-state index in [-0.39, 0.29) is 23.4 Å². The highest BCUT2D eigenvalue weighted by atomic mass is 19.4. The Morgan fingerprint density at radius 1 is 1.03 bits per heavy atom. The lowest BCUT2D eigenvalue weighted by Gasteiger charge is -2.32. The first-order valence-electron chi connectivity index (χ1n) is 11.4. The van der Waals surface area contributed by atoms with Crippen LogP contribution in [0.1, 0.15) is 37.3 Å². The lowest BCUT2D eigenvalue weighted by molar-refractivity contribution is -0.137. The lowest BCUT2D eigenvalue weighted by atomic mass is 10.0. The number of hydrogen-bond donors (Lipinski definition) is 1. The molecule has 4 aromatic heterocycles. The topological polar surface area (TPSA) is 116 Å². The van der Waals surface area contributed by atoms with Crippen LogP contribution in [0.3, 0.4) is 0 Å². The molecule has 12 heteroatoms. The molecule has 6 rings (SSSR count). The number of halogens is 3. The van der Waals surface area contributed by atoms with Crippen LogP contribution in [0.2, 0.25) is 0 Å². The number of nitrogens with zero attached hydrogens (tertiary/aromatic N) is 7. The minimum Gasteiger partial charge on any atom is -0.383 e. The van der Waals surface area contributed by atoms with E-state index in [0.29, 0.717) is 40.9 Å². The number of nitrogen functional groups attached to an aromatic ring is 1. The van der Waals surface area contributed by atoms with Crippen molar-refractivity contribution < 1.29 is 18.0 Å². The first-order chi connectivity index (χ1) is 16.8. The number of rotatable bonds is 3. The molecule has 1 aliphatic carbocycles. The molecule has 0 radical (unpaired) electrons. The highest BCUT2D eigenvalue weighted by Crippen LogP contribution is 2.36. The van der Waals surface area contributed by atoms with Gasteiger partial charge >= 0.3 is 6.18 Å². The zero-order chi connectivity index (χ0) is 24.3. The lowest BCUT2D eigenvalue weighted by Crippen LogP contribution is -2.40. The van der Waals surface area contributed by atoms with Gasteiger partial charge in [0.2, 0.25) is 5.91 Å². The summed E-state index contributed by atoms with van der Waals surface area (Å²) in [4.78, 5) is 27.1. The Bertz CT molecular complexity index is 1450. The van der Waals surface area contributed by atoms with Crippen molar-refractivity contribution in [2.24, 2.45) is 5.92 Å². The summed E-state index contributed by atoms with van der Waals surface area (Å²) < 4.78 is 41.9. The zero-order valence-electron chi connectivity index (χ0n) is 18.5. The Labute approximate surface area is 197 Å². The molecule has 0 bridgehead atoms. The van der Waals surface area contributed by atoms with Crippen molar-refractivity contribution in [1.82, 2.24) is 34.8 Å². The van der Waals surface area contributed by atoms with Gasteiger partial charge in [0, 0.05) is 30.8 Å². The SMILES string of the molecule is Nc1ncc(-c2ccc3ncc4nnn(C5CCN(C(=O)C6CC6)CC5)c4c3n2)cc1C(F)(F)F. The van der Waals surface area contributed by atoms with Crippen LogP contribution >= 0.6 is 0 Å². The summed E-state index contributed by atoms with van der Waals surface area (Å²) in [5.41, 5.74) is 7.22. The molecular formula is C23H21F3N8O. The van der Waals surface area contributed by atoms with Crippen molar-refractivity contribution in [2.75, 3.05) is 18.8 Å². The van der Waals surface area contributed by atoms with Crippen molar-refractivity contribution in [3.05, 3.63) is 36.2 Å². The van der Waals surface area contributed by atoms with Crippen LogP contribution in [0.4, 0.5) is 19.0 Å². The Kier molecular flexibility index (Phi) is 4.87. The zero-order valence-corrected chi connectivity index (χ0v) is 18.5. The fraction of sp³-hybridized carbons (Fsp3) is 0.391. The average Bonchev–Trinajstić information content (AvgIpc) is 3.61. The van der Waals surface area contributed by atoms with Gasteiger partial charge < -0.3 is 10.6 Å². The summed E-state index contributed by atoms with van der Waals surface area (Å²) in [7, 11) is 0. The molecule has 0 spiro atoms. The summed E-state index contributed by atoms with van der Waals surface area (Å²) in [6.45, 7) is 1.31. The number of anilines is 1. The fourth-order valence-electron chi connectivity index (χ4n) is 4.66. The standard InChI is InChI=1S/C23H21F3N8O/c24-23(25,26)15-9-13(10-29-21(15)27)16-3-4-17-19(30-16)20-18(11-28-17)31-32-34(20)14-5-7-33(8-6-14)22(35)12-1-2-12/h3-4,9-12,14H,1-2,5-8H2,(H2,27,29). The number of carbonyl (C=O) groups is 1. The Morgan fingerprint density at radius 2 is 1.80 bits per heavy atom. The summed E-state index contributed by atoms with van der Waals surface area (Å²) in [5.74, 6) is -0.153. The Hall–Kier alpha value is -3.83. The number of carbonyl (C=O) groups excluding carboxylic acids is 1. The van der Waals surface area contributed by atoms with Gasteiger partial charge in [-0.3, -0.25) is 9.78 Å². The molecule has 35 heavy (non-hydrogen) atoms. The molecule has 0 unspecified atom stereocenters. The quantitative estimate of drug-likeness (QED) is 0.474. The van der Waals surface area contributed by atoms with E-state index in [1.165, 1.54) is 6.20 Å². The van der Waals surface area contributed by atoms with Crippen LogP contribution in [0, 0.1) is 5.92 Å². The first kappa shape index (κ1) is 21.7. The molecule has 9 nitrogen and oxygen atoms in total. The number of alkyl halides is 3. The summed E-state index contributed by atoms with van der Waals surface area (Å²) in [5, 5.41) is 8.60. The molecule has 1 aliphatic heterocycles. The molecule has 1 amide bonds. The van der Waals surface area contributed by atoms with Crippen molar-refractivity contribution in [1.29, 1.82) is 0 Å². The molecule has 1 saturated heterocycles. The third-order valence-corrected chi connectivity index (χ3v) is 6.71. The van der Waals surface area contributed by atoms with Crippen LogP contribution in [0.15, 0.2) is 30.6 Å². The fourth-order valence-corrected chi connectivity index (χ4v) is 4.66. The van der Waals surface area contributed by atoms with E-state index in [1.54, 1.807) is 18.3 Å². The highest BCUT2D eigenvalue weighted by Gasteiger charge is 2.36. The van der Waals surface area contributed by atoms with Gasteiger partial charge in [0.15, 0.2) is 0 Å². The first-order valence-corrected chi connectivity index (χ1v) is 11.4. The predicted molar refractivity (Wildman–Crippen MR) is 121 cm³/mol. The van der Waals surface area contributed by atoms with Gasteiger partial charge in [-0.25, -0.2) is 14.6 Å². The molecule has 2 N–H and O–H groups in total. The summed E-state index contributed by atoms with van der Waals surface area (Å²) in [6, 6.07) is 4.28. The molecular weight excluding hydrogens is 461 g/mol. The van der Waals surface area contributed by atoms with Gasteiger partial charge in [-0.2, -0.15) is 13.2 Å². The number of likely N-dealkylation sites (tertiary alicyclic amines) is 1. The minimum atomic E-state index is -4.63. The number of aromatic nitrogens is 6. The van der Waals surface area contributed by atoms with Gasteiger partial charge in [0.25, 0.3) is 0 Å². The number of piperidine rings is 1. The highest BCUT2D eigenvalue weighted by molar-refractivity contribution is 5.99. The predicted octanol–water partition coefficient (Wildman–Crippen LogP) is 3.61. The smallest absolute Gasteiger partial charge is 0.383 e. The molecule has 180 valence electrons. The Balaban J connectivity index is 1.38. The summed E-state index contributed by atoms with van der Waals surface area (Å²) >= 11 is 0. The average molecular weight is 482 g/mol. The number of amides is 1. The maximum Gasteiger partial charge on any atom is 0.419 e. The van der Waals surface area contributed by atoms with Crippen molar-refractivity contribution >= 4 is 33.8 Å². The Morgan fingerprint density at radius 3 is 2.51 bits per heavy atom. The maximum absolute atomic E-state index is 13.4. The molecule has 2 aliphatic rings. The van der Waals surface area contributed by atoms with Gasteiger partial charge in [0.1, 0.15) is 22.4 Å². The van der Waals surface area contributed by atoms with E-state index >= 15 is 0 Å². The molecule has 5 heterocycles. The van der Waals surface area contributed by atoms with Crippen molar-refractivity contribution in [3.8, 4) is 11.3 Å². The molecule has 2 fully saturated rings. The molecule has 0 atom stereocenters. The van der Waals surface area contributed by atoms with Gasteiger partial charge in [-0.05, 0) is 43.9 Å². The van der Waals surface area contributed by atoms with E-state index in [9.17, 15) is 18.0 Å². The van der Waals surface area contributed by atoms with Gasteiger partial charge in [0.05, 0.1) is 29.0 Å².